The maximum absolute atomic E-state index is 12.6. The Morgan fingerprint density at radius 2 is 2.15 bits per heavy atom. The first-order chi connectivity index (χ1) is 9.56. The van der Waals surface area contributed by atoms with Crippen LogP contribution in [0, 0.1) is 0 Å². The number of rotatable bonds is 6. The van der Waals surface area contributed by atoms with E-state index in [2.05, 4.69) is 15.9 Å². The van der Waals surface area contributed by atoms with Gasteiger partial charge < -0.3 is 14.2 Å². The Kier molecular flexibility index (Phi) is 4.86. The normalized spacial score (nSPS) is 14.2. The molecular weight excluding hydrogens is 324 g/mol. The molecule has 1 heterocycles. The van der Waals surface area contributed by atoms with Crippen molar-refractivity contribution in [3.05, 3.63) is 22.4 Å². The number of carbonyl (C=O) groups is 2. The van der Waals surface area contributed by atoms with E-state index in [0.29, 0.717) is 24.9 Å². The van der Waals surface area contributed by atoms with E-state index in [1.807, 2.05) is 23.8 Å². The second kappa shape index (κ2) is 6.43. The van der Waals surface area contributed by atoms with Gasteiger partial charge in [0.25, 0.3) is 5.91 Å². The Bertz CT molecular complexity index is 509. The summed E-state index contributed by atoms with van der Waals surface area (Å²) in [6, 6.07) is 2.23. The highest BCUT2D eigenvalue weighted by Crippen LogP contribution is 2.37. The van der Waals surface area contributed by atoms with Gasteiger partial charge in [-0.2, -0.15) is 0 Å². The van der Waals surface area contributed by atoms with Crippen molar-refractivity contribution >= 4 is 27.8 Å². The summed E-state index contributed by atoms with van der Waals surface area (Å²) in [5, 5.41) is 0. The summed E-state index contributed by atoms with van der Waals surface area (Å²) in [7, 11) is 0. The second-order valence-corrected chi connectivity index (χ2v) is 5.72. The highest BCUT2D eigenvalue weighted by atomic mass is 79.9. The number of amides is 1. The molecule has 1 amide bonds. The molecule has 0 N–H and O–H groups in total. The zero-order valence-corrected chi connectivity index (χ0v) is 13.4. The molecule has 1 aromatic rings. The third-order valence-corrected chi connectivity index (χ3v) is 3.70. The first kappa shape index (κ1) is 15.1. The molecule has 0 saturated heterocycles. The molecular formula is C14H19BrN2O3. The van der Waals surface area contributed by atoms with E-state index < -0.39 is 0 Å². The number of halogens is 1. The van der Waals surface area contributed by atoms with Crippen LogP contribution < -0.4 is 0 Å². The first-order valence-corrected chi connectivity index (χ1v) is 7.68. The van der Waals surface area contributed by atoms with E-state index in [1.165, 1.54) is 4.90 Å². The molecule has 6 heteroatoms. The van der Waals surface area contributed by atoms with Crippen LogP contribution in [0.1, 0.15) is 43.2 Å². The lowest BCUT2D eigenvalue weighted by molar-refractivity contribution is -0.143. The smallest absolute Gasteiger partial charge is 0.325 e. The molecule has 1 aromatic heterocycles. The van der Waals surface area contributed by atoms with Gasteiger partial charge in [-0.3, -0.25) is 9.59 Å². The highest BCUT2D eigenvalue weighted by Gasteiger charge is 2.29. The molecule has 110 valence electrons. The van der Waals surface area contributed by atoms with Gasteiger partial charge in [-0.1, -0.05) is 0 Å². The predicted octanol–water partition coefficient (Wildman–Crippen LogP) is 2.61. The van der Waals surface area contributed by atoms with Crippen LogP contribution in [0.5, 0.6) is 0 Å². The fraction of sp³-hybridized carbons (Fsp3) is 0.571. The summed E-state index contributed by atoms with van der Waals surface area (Å²) < 4.78 is 7.80. The van der Waals surface area contributed by atoms with Crippen molar-refractivity contribution in [3.8, 4) is 0 Å². The average molecular weight is 343 g/mol. The van der Waals surface area contributed by atoms with Crippen molar-refractivity contribution in [1.82, 2.24) is 9.47 Å². The van der Waals surface area contributed by atoms with Gasteiger partial charge in [0.2, 0.25) is 0 Å². The molecule has 1 fully saturated rings. The fourth-order valence-corrected chi connectivity index (χ4v) is 2.56. The largest absolute Gasteiger partial charge is 0.465 e. The Balaban J connectivity index is 2.13. The number of aromatic nitrogens is 1. The van der Waals surface area contributed by atoms with Crippen molar-refractivity contribution in [1.29, 1.82) is 0 Å². The van der Waals surface area contributed by atoms with Gasteiger partial charge in [0.05, 0.1) is 6.61 Å². The van der Waals surface area contributed by atoms with Crippen LogP contribution in [0.15, 0.2) is 16.7 Å². The summed E-state index contributed by atoms with van der Waals surface area (Å²) in [4.78, 5) is 25.6. The summed E-state index contributed by atoms with van der Waals surface area (Å²) >= 11 is 3.41. The summed E-state index contributed by atoms with van der Waals surface area (Å²) in [5.74, 6) is -0.496. The first-order valence-electron chi connectivity index (χ1n) is 6.89. The van der Waals surface area contributed by atoms with Crippen LogP contribution in [-0.2, 0) is 9.53 Å². The quantitative estimate of drug-likeness (QED) is 0.746. The molecule has 0 aliphatic heterocycles. The number of hydrogen-bond donors (Lipinski definition) is 0. The zero-order valence-electron chi connectivity index (χ0n) is 11.8. The third kappa shape index (κ3) is 3.42. The lowest BCUT2D eigenvalue weighted by Crippen LogP contribution is -2.37. The van der Waals surface area contributed by atoms with Gasteiger partial charge in [0.1, 0.15) is 12.2 Å². The fourth-order valence-electron chi connectivity index (χ4n) is 2.12. The van der Waals surface area contributed by atoms with Crippen molar-refractivity contribution < 1.29 is 14.3 Å². The van der Waals surface area contributed by atoms with E-state index in [1.54, 1.807) is 6.92 Å². The number of nitrogens with zero attached hydrogens (tertiary/aromatic N) is 2. The monoisotopic (exact) mass is 342 g/mol. The van der Waals surface area contributed by atoms with E-state index in [4.69, 9.17) is 4.74 Å². The number of likely N-dealkylation sites (N-methyl/N-ethyl adjacent to an activating group) is 1. The molecule has 0 aromatic carbocycles. The van der Waals surface area contributed by atoms with Gasteiger partial charge in [-0.25, -0.2) is 0 Å². The average Bonchev–Trinajstić information content (AvgIpc) is 3.18. The summed E-state index contributed by atoms with van der Waals surface area (Å²) in [6.45, 7) is 4.41. The van der Waals surface area contributed by atoms with Gasteiger partial charge in [0, 0.05) is 23.3 Å². The number of esters is 1. The minimum Gasteiger partial charge on any atom is -0.465 e. The summed E-state index contributed by atoms with van der Waals surface area (Å²) in [6.07, 6.45) is 4.14. The van der Waals surface area contributed by atoms with E-state index >= 15 is 0 Å². The number of carbonyl (C=O) groups excluding carboxylic acids is 2. The zero-order chi connectivity index (χ0) is 14.7. The Morgan fingerprint density at radius 1 is 1.45 bits per heavy atom. The molecule has 1 aliphatic carbocycles. The highest BCUT2D eigenvalue weighted by molar-refractivity contribution is 9.10. The molecule has 0 bridgehead atoms. The topological polar surface area (TPSA) is 51.5 Å². The maximum Gasteiger partial charge on any atom is 0.325 e. The molecule has 1 aliphatic rings. The van der Waals surface area contributed by atoms with Crippen LogP contribution in [0.25, 0.3) is 0 Å². The van der Waals surface area contributed by atoms with Crippen LogP contribution in [-0.4, -0.2) is 41.0 Å². The van der Waals surface area contributed by atoms with Crippen molar-refractivity contribution in [2.75, 3.05) is 19.7 Å². The van der Waals surface area contributed by atoms with E-state index in [9.17, 15) is 9.59 Å². The third-order valence-electron chi connectivity index (χ3n) is 3.27. The Morgan fingerprint density at radius 3 is 2.70 bits per heavy atom. The molecule has 20 heavy (non-hydrogen) atoms. The van der Waals surface area contributed by atoms with E-state index in [0.717, 1.165) is 17.3 Å². The minimum atomic E-state index is -0.369. The van der Waals surface area contributed by atoms with Gasteiger partial charge in [-0.05, 0) is 48.7 Å². The standard InChI is InChI=1S/C14H19BrN2O3/c1-3-16(9-13(18)20-4-2)14(19)12-7-10(15)8-17(12)11-5-6-11/h7-8,11H,3-6,9H2,1-2H3. The lowest BCUT2D eigenvalue weighted by Gasteiger charge is -2.20. The van der Waals surface area contributed by atoms with Crippen LogP contribution in [0.4, 0.5) is 0 Å². The molecule has 0 radical (unpaired) electrons. The van der Waals surface area contributed by atoms with Gasteiger partial charge >= 0.3 is 5.97 Å². The van der Waals surface area contributed by atoms with E-state index in [-0.39, 0.29) is 18.4 Å². The molecule has 0 unspecified atom stereocenters. The predicted molar refractivity (Wildman–Crippen MR) is 78.6 cm³/mol. The van der Waals surface area contributed by atoms with Crippen molar-refractivity contribution in [2.45, 2.75) is 32.7 Å². The maximum atomic E-state index is 12.6. The SMILES string of the molecule is CCOC(=O)CN(CC)C(=O)c1cc(Br)cn1C1CC1. The number of hydrogen-bond acceptors (Lipinski definition) is 3. The summed E-state index contributed by atoms with van der Waals surface area (Å²) in [5.41, 5.74) is 0.630. The van der Waals surface area contributed by atoms with Crippen LogP contribution >= 0.6 is 15.9 Å². The van der Waals surface area contributed by atoms with Crippen molar-refractivity contribution in [3.63, 3.8) is 0 Å². The van der Waals surface area contributed by atoms with Gasteiger partial charge in [0.15, 0.2) is 0 Å². The molecule has 0 atom stereocenters. The molecule has 2 rings (SSSR count). The molecule has 5 nitrogen and oxygen atoms in total. The second-order valence-electron chi connectivity index (χ2n) is 4.81. The lowest BCUT2D eigenvalue weighted by atomic mass is 10.3. The van der Waals surface area contributed by atoms with Crippen molar-refractivity contribution in [2.24, 2.45) is 0 Å². The molecule has 1 saturated carbocycles. The Labute approximate surface area is 127 Å². The van der Waals surface area contributed by atoms with Crippen LogP contribution in [0.3, 0.4) is 0 Å². The number of ether oxygens (including phenoxy) is 1. The molecule has 0 spiro atoms. The van der Waals surface area contributed by atoms with Crippen LogP contribution in [0.2, 0.25) is 0 Å². The Hall–Kier alpha value is -1.30. The minimum absolute atomic E-state index is 0.00333. The van der Waals surface area contributed by atoms with Gasteiger partial charge in [-0.15, -0.1) is 0 Å².